The standard InChI is InChI=1S/C10H12ClFN2OS/c1-5-7(3-9(11)16-5)14-10(15)8-2-6(12)4-13-8/h3,6,8,13H,2,4H2,1H3,(H,14,15). The molecule has 0 aliphatic carbocycles. The predicted molar refractivity (Wildman–Crippen MR) is 64.0 cm³/mol. The van der Waals surface area contributed by atoms with E-state index < -0.39 is 12.2 Å². The van der Waals surface area contributed by atoms with Crippen LogP contribution in [-0.2, 0) is 4.79 Å². The highest BCUT2D eigenvalue weighted by Gasteiger charge is 2.29. The van der Waals surface area contributed by atoms with Crippen molar-refractivity contribution in [1.82, 2.24) is 5.32 Å². The molecule has 0 saturated carbocycles. The van der Waals surface area contributed by atoms with E-state index in [0.717, 1.165) is 4.88 Å². The van der Waals surface area contributed by atoms with E-state index in [2.05, 4.69) is 10.6 Å². The number of hydrogen-bond acceptors (Lipinski definition) is 3. The number of anilines is 1. The topological polar surface area (TPSA) is 41.1 Å². The summed E-state index contributed by atoms with van der Waals surface area (Å²) in [5, 5.41) is 5.59. The van der Waals surface area contributed by atoms with Crippen LogP contribution in [0.25, 0.3) is 0 Å². The van der Waals surface area contributed by atoms with Crippen LogP contribution in [-0.4, -0.2) is 24.7 Å². The SMILES string of the molecule is Cc1sc(Cl)cc1NC(=O)C1CC(F)CN1. The van der Waals surface area contributed by atoms with Gasteiger partial charge in [-0.1, -0.05) is 11.6 Å². The van der Waals surface area contributed by atoms with Gasteiger partial charge in [0, 0.05) is 17.8 Å². The molecule has 0 bridgehead atoms. The van der Waals surface area contributed by atoms with Crippen LogP contribution in [0.4, 0.5) is 10.1 Å². The fourth-order valence-electron chi connectivity index (χ4n) is 1.68. The zero-order chi connectivity index (χ0) is 11.7. The first-order chi connectivity index (χ1) is 7.56. The number of aryl methyl sites for hydroxylation is 1. The molecule has 1 aromatic heterocycles. The highest BCUT2D eigenvalue weighted by Crippen LogP contribution is 2.30. The number of thiophene rings is 1. The van der Waals surface area contributed by atoms with E-state index in [0.29, 0.717) is 10.0 Å². The molecule has 2 N–H and O–H groups in total. The van der Waals surface area contributed by atoms with Crippen molar-refractivity contribution in [2.75, 3.05) is 11.9 Å². The van der Waals surface area contributed by atoms with Gasteiger partial charge < -0.3 is 10.6 Å². The Bertz CT molecular complexity index is 410. The number of carbonyl (C=O) groups excluding carboxylic acids is 1. The van der Waals surface area contributed by atoms with E-state index in [9.17, 15) is 9.18 Å². The maximum atomic E-state index is 12.9. The summed E-state index contributed by atoms with van der Waals surface area (Å²) in [7, 11) is 0. The summed E-state index contributed by atoms with van der Waals surface area (Å²) in [4.78, 5) is 12.7. The number of alkyl halides is 1. The minimum absolute atomic E-state index is 0.197. The quantitative estimate of drug-likeness (QED) is 0.859. The number of hydrogen-bond donors (Lipinski definition) is 2. The number of halogens is 2. The van der Waals surface area contributed by atoms with Gasteiger partial charge in [-0.3, -0.25) is 4.79 Å². The molecule has 88 valence electrons. The van der Waals surface area contributed by atoms with Gasteiger partial charge in [-0.2, -0.15) is 0 Å². The largest absolute Gasteiger partial charge is 0.324 e. The Morgan fingerprint density at radius 1 is 1.75 bits per heavy atom. The van der Waals surface area contributed by atoms with Gasteiger partial charge in [0.25, 0.3) is 0 Å². The summed E-state index contributed by atoms with van der Waals surface area (Å²) in [6, 6.07) is 1.27. The fraction of sp³-hybridized carbons (Fsp3) is 0.500. The van der Waals surface area contributed by atoms with Crippen molar-refractivity contribution < 1.29 is 9.18 Å². The molecule has 2 rings (SSSR count). The summed E-state index contributed by atoms with van der Waals surface area (Å²) >= 11 is 7.23. The third-order valence-corrected chi connectivity index (χ3v) is 3.72. The van der Waals surface area contributed by atoms with Gasteiger partial charge in [0.15, 0.2) is 0 Å². The molecule has 0 aromatic carbocycles. The van der Waals surface area contributed by atoms with E-state index in [-0.39, 0.29) is 18.9 Å². The zero-order valence-corrected chi connectivity index (χ0v) is 10.3. The molecule has 2 atom stereocenters. The van der Waals surface area contributed by atoms with Gasteiger partial charge in [-0.15, -0.1) is 11.3 Å². The second-order valence-corrected chi connectivity index (χ2v) is 5.69. The molecule has 0 radical (unpaired) electrons. The minimum Gasteiger partial charge on any atom is -0.324 e. The van der Waals surface area contributed by atoms with E-state index in [1.165, 1.54) is 11.3 Å². The number of carbonyl (C=O) groups is 1. The van der Waals surface area contributed by atoms with Crippen LogP contribution in [0.5, 0.6) is 0 Å². The third kappa shape index (κ3) is 2.53. The molecule has 1 aliphatic heterocycles. The first-order valence-electron chi connectivity index (χ1n) is 5.00. The Kier molecular flexibility index (Phi) is 3.47. The molecule has 1 aliphatic rings. The molecule has 6 heteroatoms. The summed E-state index contributed by atoms with van der Waals surface area (Å²) < 4.78 is 13.5. The molecular weight excluding hydrogens is 251 g/mol. The normalized spacial score (nSPS) is 24.7. The Balaban J connectivity index is 1.99. The lowest BCUT2D eigenvalue weighted by Gasteiger charge is -2.10. The van der Waals surface area contributed by atoms with Gasteiger partial charge in [0.05, 0.1) is 16.1 Å². The van der Waals surface area contributed by atoms with Crippen molar-refractivity contribution in [2.24, 2.45) is 0 Å². The van der Waals surface area contributed by atoms with Gasteiger partial charge in [0.1, 0.15) is 6.17 Å². The summed E-state index contributed by atoms with van der Waals surface area (Å²) in [5.41, 5.74) is 0.712. The molecule has 1 amide bonds. The number of amides is 1. The lowest BCUT2D eigenvalue weighted by atomic mass is 10.2. The van der Waals surface area contributed by atoms with Gasteiger partial charge in [-0.25, -0.2) is 4.39 Å². The first kappa shape index (κ1) is 11.8. The van der Waals surface area contributed by atoms with Crippen LogP contribution < -0.4 is 10.6 Å². The predicted octanol–water partition coefficient (Wildman–Crippen LogP) is 2.35. The van der Waals surface area contributed by atoms with E-state index >= 15 is 0 Å². The Morgan fingerprint density at radius 3 is 3.00 bits per heavy atom. The highest BCUT2D eigenvalue weighted by molar-refractivity contribution is 7.16. The Labute approximate surface area is 102 Å². The maximum Gasteiger partial charge on any atom is 0.241 e. The van der Waals surface area contributed by atoms with Gasteiger partial charge >= 0.3 is 0 Å². The van der Waals surface area contributed by atoms with E-state index in [1.54, 1.807) is 6.07 Å². The zero-order valence-electron chi connectivity index (χ0n) is 8.72. The van der Waals surface area contributed by atoms with Crippen LogP contribution >= 0.6 is 22.9 Å². The number of nitrogens with one attached hydrogen (secondary N) is 2. The lowest BCUT2D eigenvalue weighted by Crippen LogP contribution is -2.35. The molecule has 2 heterocycles. The smallest absolute Gasteiger partial charge is 0.241 e. The molecule has 1 aromatic rings. The van der Waals surface area contributed by atoms with E-state index in [4.69, 9.17) is 11.6 Å². The fourth-order valence-corrected chi connectivity index (χ4v) is 2.83. The number of rotatable bonds is 2. The first-order valence-corrected chi connectivity index (χ1v) is 6.20. The monoisotopic (exact) mass is 262 g/mol. The van der Waals surface area contributed by atoms with Gasteiger partial charge in [0.2, 0.25) is 5.91 Å². The maximum absolute atomic E-state index is 12.9. The third-order valence-electron chi connectivity index (χ3n) is 2.54. The Hall–Kier alpha value is -0.650. The van der Waals surface area contributed by atoms with Crippen LogP contribution in [0, 0.1) is 6.92 Å². The van der Waals surface area contributed by atoms with Crippen LogP contribution in [0.15, 0.2) is 6.07 Å². The summed E-state index contributed by atoms with van der Waals surface area (Å²) in [5.74, 6) is -0.197. The molecule has 1 saturated heterocycles. The van der Waals surface area contributed by atoms with Crippen molar-refractivity contribution in [3.05, 3.63) is 15.3 Å². The average molecular weight is 263 g/mol. The Morgan fingerprint density at radius 2 is 2.50 bits per heavy atom. The van der Waals surface area contributed by atoms with Crippen LogP contribution in [0.1, 0.15) is 11.3 Å². The van der Waals surface area contributed by atoms with Crippen LogP contribution in [0.3, 0.4) is 0 Å². The second-order valence-electron chi connectivity index (χ2n) is 3.80. The minimum atomic E-state index is -0.928. The molecule has 3 nitrogen and oxygen atoms in total. The second kappa shape index (κ2) is 4.69. The van der Waals surface area contributed by atoms with Gasteiger partial charge in [-0.05, 0) is 13.0 Å². The van der Waals surface area contributed by atoms with E-state index in [1.807, 2.05) is 6.92 Å². The summed E-state index contributed by atoms with van der Waals surface area (Å²) in [6.07, 6.45) is -0.689. The molecular formula is C10H12ClFN2OS. The van der Waals surface area contributed by atoms with Crippen molar-refractivity contribution in [2.45, 2.75) is 25.6 Å². The molecule has 2 unspecified atom stereocenters. The summed E-state index contributed by atoms with van der Waals surface area (Å²) in [6.45, 7) is 2.13. The molecule has 0 spiro atoms. The lowest BCUT2D eigenvalue weighted by molar-refractivity contribution is -0.117. The van der Waals surface area contributed by atoms with Crippen LogP contribution in [0.2, 0.25) is 4.34 Å². The average Bonchev–Trinajstić information content (AvgIpc) is 2.74. The van der Waals surface area contributed by atoms with Crippen molar-refractivity contribution >= 4 is 34.5 Å². The molecule has 1 fully saturated rings. The van der Waals surface area contributed by atoms with Crippen molar-refractivity contribution in [1.29, 1.82) is 0 Å². The van der Waals surface area contributed by atoms with Crippen molar-refractivity contribution in [3.8, 4) is 0 Å². The highest BCUT2D eigenvalue weighted by atomic mass is 35.5. The molecule has 16 heavy (non-hydrogen) atoms. The van der Waals surface area contributed by atoms with Crippen molar-refractivity contribution in [3.63, 3.8) is 0 Å².